The molecule has 1 aliphatic heterocycles. The average molecular weight is 233 g/mol. The van der Waals surface area contributed by atoms with Crippen molar-refractivity contribution in [1.29, 1.82) is 0 Å². The molecular formula is C14H23N3. The maximum absolute atomic E-state index is 3.50. The zero-order chi connectivity index (χ0) is 12.3. The Balaban J connectivity index is 2.18. The molecule has 0 aromatic heterocycles. The first-order valence-corrected chi connectivity index (χ1v) is 6.53. The van der Waals surface area contributed by atoms with Crippen LogP contribution >= 0.6 is 0 Å². The fourth-order valence-electron chi connectivity index (χ4n) is 2.71. The smallest absolute Gasteiger partial charge is 0.0754 e. The zero-order valence-corrected chi connectivity index (χ0v) is 10.9. The summed E-state index contributed by atoms with van der Waals surface area (Å²) in [6.07, 6.45) is 0.352. The van der Waals surface area contributed by atoms with Gasteiger partial charge in [0.05, 0.1) is 12.2 Å². The highest BCUT2D eigenvalue weighted by Gasteiger charge is 2.37. The molecule has 0 spiro atoms. The zero-order valence-electron chi connectivity index (χ0n) is 10.9. The van der Waals surface area contributed by atoms with Crippen molar-refractivity contribution >= 4 is 0 Å². The van der Waals surface area contributed by atoms with Crippen molar-refractivity contribution in [3.8, 4) is 0 Å². The number of rotatable bonds is 4. The molecule has 3 heteroatoms. The molecule has 1 saturated heterocycles. The van der Waals surface area contributed by atoms with Crippen molar-refractivity contribution in [2.24, 2.45) is 11.8 Å². The molecule has 1 aromatic rings. The highest BCUT2D eigenvalue weighted by molar-refractivity contribution is 5.21. The van der Waals surface area contributed by atoms with Crippen LogP contribution in [0.15, 0.2) is 30.3 Å². The molecule has 0 saturated carbocycles. The molecule has 0 bridgehead atoms. The van der Waals surface area contributed by atoms with Gasteiger partial charge in [0.1, 0.15) is 0 Å². The molecule has 0 aliphatic carbocycles. The highest BCUT2D eigenvalue weighted by atomic mass is 15.5. The molecular weight excluding hydrogens is 210 g/mol. The number of hydrogen-bond donors (Lipinski definition) is 3. The molecule has 3 N–H and O–H groups in total. The molecule has 0 radical (unpaired) electrons. The molecule has 94 valence electrons. The quantitative estimate of drug-likeness (QED) is 0.745. The third kappa shape index (κ3) is 2.68. The minimum absolute atomic E-state index is 0.352. The number of hydrazine groups is 1. The van der Waals surface area contributed by atoms with E-state index in [2.05, 4.69) is 67.3 Å². The van der Waals surface area contributed by atoms with E-state index >= 15 is 0 Å². The van der Waals surface area contributed by atoms with Gasteiger partial charge in [-0.15, -0.1) is 0 Å². The van der Waals surface area contributed by atoms with Crippen molar-refractivity contribution in [2.75, 3.05) is 6.54 Å². The summed E-state index contributed by atoms with van der Waals surface area (Å²) in [4.78, 5) is 0. The maximum Gasteiger partial charge on any atom is 0.0754 e. The fourth-order valence-corrected chi connectivity index (χ4v) is 2.71. The third-order valence-electron chi connectivity index (χ3n) is 3.52. The molecule has 1 fully saturated rings. The van der Waals surface area contributed by atoms with Crippen LogP contribution in [0.25, 0.3) is 0 Å². The van der Waals surface area contributed by atoms with Crippen LogP contribution in [-0.4, -0.2) is 12.7 Å². The first-order valence-electron chi connectivity index (χ1n) is 6.53. The third-order valence-corrected chi connectivity index (χ3v) is 3.52. The highest BCUT2D eigenvalue weighted by Crippen LogP contribution is 2.33. The van der Waals surface area contributed by atoms with E-state index in [1.807, 2.05) is 0 Å². The minimum atomic E-state index is 0.352. The SMILES string of the molecule is CCNC1NNC(c2ccccc2)C1C(C)C. The molecule has 1 heterocycles. The van der Waals surface area contributed by atoms with Crippen LogP contribution in [0.2, 0.25) is 0 Å². The second kappa shape index (κ2) is 5.63. The van der Waals surface area contributed by atoms with Crippen LogP contribution in [0.4, 0.5) is 0 Å². The fraction of sp³-hybridized carbons (Fsp3) is 0.571. The lowest BCUT2D eigenvalue weighted by Crippen LogP contribution is -2.44. The van der Waals surface area contributed by atoms with E-state index < -0.39 is 0 Å². The molecule has 3 nitrogen and oxygen atoms in total. The van der Waals surface area contributed by atoms with Crippen LogP contribution in [0.5, 0.6) is 0 Å². The monoisotopic (exact) mass is 233 g/mol. The van der Waals surface area contributed by atoms with E-state index in [0.717, 1.165) is 6.54 Å². The van der Waals surface area contributed by atoms with E-state index in [-0.39, 0.29) is 0 Å². The summed E-state index contributed by atoms with van der Waals surface area (Å²) >= 11 is 0. The normalized spacial score (nSPS) is 28.8. The van der Waals surface area contributed by atoms with E-state index in [0.29, 0.717) is 24.0 Å². The van der Waals surface area contributed by atoms with Crippen LogP contribution < -0.4 is 16.2 Å². The number of nitrogens with one attached hydrogen (secondary N) is 3. The first kappa shape index (κ1) is 12.6. The van der Waals surface area contributed by atoms with Gasteiger partial charge >= 0.3 is 0 Å². The van der Waals surface area contributed by atoms with Gasteiger partial charge in [0, 0.05) is 5.92 Å². The summed E-state index contributed by atoms with van der Waals surface area (Å²) in [5.41, 5.74) is 8.16. The predicted molar refractivity (Wildman–Crippen MR) is 71.2 cm³/mol. The van der Waals surface area contributed by atoms with Gasteiger partial charge in [0.2, 0.25) is 0 Å². The lowest BCUT2D eigenvalue weighted by atomic mass is 9.84. The largest absolute Gasteiger partial charge is 0.301 e. The maximum atomic E-state index is 3.50. The van der Waals surface area contributed by atoms with Gasteiger partial charge < -0.3 is 5.32 Å². The Morgan fingerprint density at radius 1 is 1.18 bits per heavy atom. The standard InChI is InChI=1S/C14H23N3/c1-4-15-14-12(10(2)3)13(16-17-14)11-8-6-5-7-9-11/h5-10,12-17H,4H2,1-3H3. The van der Waals surface area contributed by atoms with Crippen molar-refractivity contribution in [1.82, 2.24) is 16.2 Å². The summed E-state index contributed by atoms with van der Waals surface area (Å²) in [6, 6.07) is 11.1. The summed E-state index contributed by atoms with van der Waals surface area (Å²) in [5.74, 6) is 1.20. The summed E-state index contributed by atoms with van der Waals surface area (Å²) in [7, 11) is 0. The second-order valence-electron chi connectivity index (χ2n) is 5.03. The Hall–Kier alpha value is -0.900. The van der Waals surface area contributed by atoms with Crippen LogP contribution in [0, 0.1) is 11.8 Å². The Bertz CT molecular complexity index is 337. The average Bonchev–Trinajstić information content (AvgIpc) is 2.74. The van der Waals surface area contributed by atoms with Gasteiger partial charge in [-0.2, -0.15) is 0 Å². The number of hydrogen-bond acceptors (Lipinski definition) is 3. The van der Waals surface area contributed by atoms with Gasteiger partial charge in [-0.05, 0) is 18.0 Å². The minimum Gasteiger partial charge on any atom is -0.301 e. The van der Waals surface area contributed by atoms with Crippen molar-refractivity contribution in [3.63, 3.8) is 0 Å². The topological polar surface area (TPSA) is 36.1 Å². The molecule has 0 amide bonds. The van der Waals surface area contributed by atoms with Gasteiger partial charge in [0.25, 0.3) is 0 Å². The Kier molecular flexibility index (Phi) is 4.15. The van der Waals surface area contributed by atoms with Crippen LogP contribution in [-0.2, 0) is 0 Å². The molecule has 1 aliphatic rings. The predicted octanol–water partition coefficient (Wildman–Crippen LogP) is 2.04. The second-order valence-corrected chi connectivity index (χ2v) is 5.03. The molecule has 2 rings (SSSR count). The first-order chi connectivity index (χ1) is 8.24. The van der Waals surface area contributed by atoms with E-state index in [1.165, 1.54) is 5.56 Å². The van der Waals surface area contributed by atoms with Gasteiger partial charge in [-0.25, -0.2) is 10.9 Å². The van der Waals surface area contributed by atoms with Crippen molar-refractivity contribution in [2.45, 2.75) is 33.0 Å². The lowest BCUT2D eigenvalue weighted by molar-refractivity contribution is 0.282. The van der Waals surface area contributed by atoms with E-state index in [4.69, 9.17) is 0 Å². The Morgan fingerprint density at radius 2 is 1.88 bits per heavy atom. The van der Waals surface area contributed by atoms with Crippen LogP contribution in [0.3, 0.4) is 0 Å². The number of benzene rings is 1. The Morgan fingerprint density at radius 3 is 2.47 bits per heavy atom. The Labute approximate surface area is 104 Å². The summed E-state index contributed by atoms with van der Waals surface area (Å²) in [5, 5.41) is 3.50. The summed E-state index contributed by atoms with van der Waals surface area (Å²) in [6.45, 7) is 7.72. The molecule has 3 unspecified atom stereocenters. The van der Waals surface area contributed by atoms with Crippen molar-refractivity contribution in [3.05, 3.63) is 35.9 Å². The van der Waals surface area contributed by atoms with Gasteiger partial charge in [-0.1, -0.05) is 51.1 Å². The summed E-state index contributed by atoms with van der Waals surface area (Å²) < 4.78 is 0. The van der Waals surface area contributed by atoms with Crippen LogP contribution in [0.1, 0.15) is 32.4 Å². The van der Waals surface area contributed by atoms with Gasteiger partial charge in [-0.3, -0.25) is 0 Å². The van der Waals surface area contributed by atoms with E-state index in [9.17, 15) is 0 Å². The molecule has 1 aromatic carbocycles. The van der Waals surface area contributed by atoms with Gasteiger partial charge in [0.15, 0.2) is 0 Å². The molecule has 17 heavy (non-hydrogen) atoms. The molecule has 3 atom stereocenters. The lowest BCUT2D eigenvalue weighted by Gasteiger charge is -2.27. The van der Waals surface area contributed by atoms with Crippen molar-refractivity contribution < 1.29 is 0 Å². The van der Waals surface area contributed by atoms with E-state index in [1.54, 1.807) is 0 Å².